The lowest BCUT2D eigenvalue weighted by molar-refractivity contribution is -0.137. The quantitative estimate of drug-likeness (QED) is 0.863. The molecule has 118 valence electrons. The SMILES string of the molecule is CCOC(=O)c1nc(C(F)(F)F)sc1N[C@@H]1CCCOC1. The number of aromatic nitrogens is 1. The highest BCUT2D eigenvalue weighted by atomic mass is 32.1. The molecule has 2 heterocycles. The number of nitrogens with one attached hydrogen (secondary N) is 1. The third-order valence-corrected chi connectivity index (χ3v) is 3.87. The Balaban J connectivity index is 2.23. The van der Waals surface area contributed by atoms with Gasteiger partial charge < -0.3 is 14.8 Å². The maximum atomic E-state index is 12.8. The topological polar surface area (TPSA) is 60.5 Å². The number of ether oxygens (including phenoxy) is 2. The lowest BCUT2D eigenvalue weighted by Gasteiger charge is -2.23. The van der Waals surface area contributed by atoms with Crippen molar-refractivity contribution in [1.82, 2.24) is 4.98 Å². The molecule has 1 aliphatic heterocycles. The number of anilines is 1. The third-order valence-electron chi connectivity index (χ3n) is 2.83. The molecule has 1 N–H and O–H groups in total. The molecule has 1 aliphatic rings. The fraction of sp³-hybridized carbons (Fsp3) is 0.667. The Kier molecular flexibility index (Phi) is 5.04. The molecule has 0 radical (unpaired) electrons. The standard InChI is InChI=1S/C12H15F3N2O3S/c1-2-20-10(18)8-9(16-7-4-3-5-19-6-7)21-11(17-8)12(13,14)15/h7,16H,2-6H2,1H3/t7-/m1/s1. The molecule has 0 spiro atoms. The summed E-state index contributed by atoms with van der Waals surface area (Å²) >= 11 is 0.411. The van der Waals surface area contributed by atoms with Gasteiger partial charge >= 0.3 is 12.1 Å². The molecule has 1 fully saturated rings. The van der Waals surface area contributed by atoms with Crippen LogP contribution in [0.2, 0.25) is 0 Å². The monoisotopic (exact) mass is 324 g/mol. The van der Waals surface area contributed by atoms with Gasteiger partial charge in [0.15, 0.2) is 5.69 Å². The minimum Gasteiger partial charge on any atom is -0.461 e. The van der Waals surface area contributed by atoms with Crippen LogP contribution in [0.1, 0.15) is 35.3 Å². The number of thiazole rings is 1. The fourth-order valence-corrected chi connectivity index (χ4v) is 2.81. The Morgan fingerprint density at radius 3 is 2.90 bits per heavy atom. The van der Waals surface area contributed by atoms with Crippen LogP contribution in [0.15, 0.2) is 0 Å². The number of hydrogen-bond acceptors (Lipinski definition) is 6. The Hall–Kier alpha value is -1.35. The summed E-state index contributed by atoms with van der Waals surface area (Å²) < 4.78 is 48.3. The van der Waals surface area contributed by atoms with Crippen molar-refractivity contribution in [3.05, 3.63) is 10.7 Å². The first-order chi connectivity index (χ1) is 9.91. The van der Waals surface area contributed by atoms with Gasteiger partial charge in [0.1, 0.15) is 5.00 Å². The zero-order valence-corrected chi connectivity index (χ0v) is 12.1. The van der Waals surface area contributed by atoms with Crippen LogP contribution in [0, 0.1) is 0 Å². The Morgan fingerprint density at radius 1 is 1.57 bits per heavy atom. The van der Waals surface area contributed by atoms with Crippen molar-refractivity contribution in [2.45, 2.75) is 32.0 Å². The summed E-state index contributed by atoms with van der Waals surface area (Å²) in [5, 5.41) is 1.93. The van der Waals surface area contributed by atoms with Crippen LogP contribution in [-0.4, -0.2) is 36.8 Å². The minimum atomic E-state index is -4.59. The largest absolute Gasteiger partial charge is 0.461 e. The molecule has 0 saturated carbocycles. The highest BCUT2D eigenvalue weighted by Crippen LogP contribution is 2.37. The van der Waals surface area contributed by atoms with E-state index in [1.165, 1.54) is 0 Å². The molecule has 0 amide bonds. The van der Waals surface area contributed by atoms with Crippen molar-refractivity contribution >= 4 is 22.3 Å². The van der Waals surface area contributed by atoms with Gasteiger partial charge in [-0.2, -0.15) is 13.2 Å². The highest BCUT2D eigenvalue weighted by molar-refractivity contribution is 7.16. The van der Waals surface area contributed by atoms with Gasteiger partial charge in [0.25, 0.3) is 0 Å². The van der Waals surface area contributed by atoms with Crippen LogP contribution >= 0.6 is 11.3 Å². The second kappa shape index (κ2) is 6.61. The van der Waals surface area contributed by atoms with Gasteiger partial charge in [-0.05, 0) is 19.8 Å². The minimum absolute atomic E-state index is 0.0731. The summed E-state index contributed by atoms with van der Waals surface area (Å²) in [7, 11) is 0. The maximum absolute atomic E-state index is 12.8. The van der Waals surface area contributed by atoms with E-state index in [1.54, 1.807) is 6.92 Å². The predicted molar refractivity (Wildman–Crippen MR) is 70.5 cm³/mol. The van der Waals surface area contributed by atoms with Crippen LogP contribution in [0.5, 0.6) is 0 Å². The summed E-state index contributed by atoms with van der Waals surface area (Å²) in [5.41, 5.74) is -0.320. The van der Waals surface area contributed by atoms with Gasteiger partial charge in [0.05, 0.1) is 19.3 Å². The summed E-state index contributed by atoms with van der Waals surface area (Å²) in [6.45, 7) is 2.68. The van der Waals surface area contributed by atoms with Gasteiger partial charge in [-0.25, -0.2) is 9.78 Å². The lowest BCUT2D eigenvalue weighted by atomic mass is 10.1. The van der Waals surface area contributed by atoms with Crippen molar-refractivity contribution in [3.63, 3.8) is 0 Å². The smallest absolute Gasteiger partial charge is 0.443 e. The molecule has 1 saturated heterocycles. The molecular formula is C12H15F3N2O3S. The second-order valence-corrected chi connectivity index (χ2v) is 5.47. The first-order valence-corrected chi connectivity index (χ1v) is 7.33. The van der Waals surface area contributed by atoms with Crippen molar-refractivity contribution in [2.75, 3.05) is 25.1 Å². The third kappa shape index (κ3) is 4.07. The van der Waals surface area contributed by atoms with E-state index in [0.717, 1.165) is 12.8 Å². The molecule has 1 aromatic rings. The average molecular weight is 324 g/mol. The summed E-state index contributed by atoms with van der Waals surface area (Å²) in [4.78, 5) is 15.1. The Morgan fingerprint density at radius 2 is 2.33 bits per heavy atom. The summed E-state index contributed by atoms with van der Waals surface area (Å²) in [6, 6.07) is -0.131. The second-order valence-electron chi connectivity index (χ2n) is 4.47. The first kappa shape index (κ1) is 16.0. The Labute approximate surface area is 123 Å². The van der Waals surface area contributed by atoms with E-state index in [-0.39, 0.29) is 23.3 Å². The lowest BCUT2D eigenvalue weighted by Crippen LogP contribution is -2.30. The number of carbonyl (C=O) groups is 1. The molecule has 1 atom stereocenters. The number of nitrogens with zero attached hydrogens (tertiary/aromatic N) is 1. The fourth-order valence-electron chi connectivity index (χ4n) is 1.92. The molecule has 0 bridgehead atoms. The van der Waals surface area contributed by atoms with E-state index < -0.39 is 17.2 Å². The van der Waals surface area contributed by atoms with Crippen molar-refractivity contribution in [1.29, 1.82) is 0 Å². The molecule has 0 unspecified atom stereocenters. The van der Waals surface area contributed by atoms with E-state index in [9.17, 15) is 18.0 Å². The van der Waals surface area contributed by atoms with E-state index in [0.29, 0.717) is 24.6 Å². The normalized spacial score (nSPS) is 19.3. The number of carbonyl (C=O) groups excluding carboxylic acids is 1. The highest BCUT2D eigenvalue weighted by Gasteiger charge is 2.37. The average Bonchev–Trinajstić information content (AvgIpc) is 2.84. The predicted octanol–water partition coefficient (Wildman–Crippen LogP) is 2.93. The zero-order chi connectivity index (χ0) is 15.5. The van der Waals surface area contributed by atoms with Gasteiger partial charge in [0, 0.05) is 6.61 Å². The molecule has 0 aromatic carbocycles. The van der Waals surface area contributed by atoms with E-state index in [2.05, 4.69) is 10.3 Å². The number of halogens is 3. The van der Waals surface area contributed by atoms with Gasteiger partial charge in [-0.15, -0.1) is 0 Å². The van der Waals surface area contributed by atoms with Crippen LogP contribution < -0.4 is 5.32 Å². The van der Waals surface area contributed by atoms with Gasteiger partial charge in [-0.3, -0.25) is 0 Å². The number of esters is 1. The maximum Gasteiger partial charge on any atom is 0.443 e. The van der Waals surface area contributed by atoms with Gasteiger partial charge in [-0.1, -0.05) is 11.3 Å². The Bertz CT molecular complexity index is 498. The van der Waals surface area contributed by atoms with Crippen LogP contribution in [0.25, 0.3) is 0 Å². The first-order valence-electron chi connectivity index (χ1n) is 6.51. The number of hydrogen-bond donors (Lipinski definition) is 1. The van der Waals surface area contributed by atoms with Gasteiger partial charge in [0.2, 0.25) is 5.01 Å². The van der Waals surface area contributed by atoms with Crippen molar-refractivity contribution in [3.8, 4) is 0 Å². The summed E-state index contributed by atoms with van der Waals surface area (Å²) in [6.07, 6.45) is -3.01. The van der Waals surface area contributed by atoms with E-state index in [1.807, 2.05) is 0 Å². The van der Waals surface area contributed by atoms with Crippen LogP contribution in [0.4, 0.5) is 18.2 Å². The molecule has 5 nitrogen and oxygen atoms in total. The molecule has 2 rings (SSSR count). The van der Waals surface area contributed by atoms with E-state index >= 15 is 0 Å². The van der Waals surface area contributed by atoms with Crippen LogP contribution in [0.3, 0.4) is 0 Å². The van der Waals surface area contributed by atoms with Crippen LogP contribution in [-0.2, 0) is 15.7 Å². The van der Waals surface area contributed by atoms with Crippen molar-refractivity contribution in [2.24, 2.45) is 0 Å². The van der Waals surface area contributed by atoms with Crippen molar-refractivity contribution < 1.29 is 27.4 Å². The molecule has 0 aliphatic carbocycles. The number of rotatable bonds is 4. The number of alkyl halides is 3. The molecule has 9 heteroatoms. The summed E-state index contributed by atoms with van der Waals surface area (Å²) in [5.74, 6) is -0.858. The molecule has 1 aromatic heterocycles. The zero-order valence-electron chi connectivity index (χ0n) is 11.3. The molecular weight excluding hydrogens is 309 g/mol. The van der Waals surface area contributed by atoms with E-state index in [4.69, 9.17) is 9.47 Å². The molecule has 21 heavy (non-hydrogen) atoms.